The third kappa shape index (κ3) is 12.0. The SMILES string of the molecule is O=C(OCc1ccccc1)C(CCc1ccccc1)CN(Cc1ccccc1)C(=O)N[C@@H](Cc1ccc(-c2ccccc2)cc1)C(=O)OCc1ccccc1. The summed E-state index contributed by atoms with van der Waals surface area (Å²) in [6.07, 6.45) is 1.30. The molecule has 0 saturated heterocycles. The molecule has 2 amide bonds. The zero-order valence-corrected chi connectivity index (χ0v) is 30.8. The summed E-state index contributed by atoms with van der Waals surface area (Å²) < 4.78 is 11.6. The molecule has 7 nitrogen and oxygen atoms in total. The molecule has 7 heteroatoms. The van der Waals surface area contributed by atoms with Gasteiger partial charge in [-0.3, -0.25) is 4.79 Å². The highest BCUT2D eigenvalue weighted by atomic mass is 16.5. The largest absolute Gasteiger partial charge is 0.461 e. The number of rotatable bonds is 17. The fraction of sp³-hybridized carbons (Fsp3) is 0.188. The number of nitrogens with one attached hydrogen (secondary N) is 1. The maximum absolute atomic E-state index is 14.4. The predicted molar refractivity (Wildman–Crippen MR) is 215 cm³/mol. The van der Waals surface area contributed by atoms with Gasteiger partial charge in [-0.25, -0.2) is 9.59 Å². The van der Waals surface area contributed by atoms with Crippen LogP contribution in [0, 0.1) is 5.92 Å². The van der Waals surface area contributed by atoms with Gasteiger partial charge in [-0.05, 0) is 51.8 Å². The van der Waals surface area contributed by atoms with Crippen LogP contribution < -0.4 is 5.32 Å². The standard InChI is InChI=1S/C48H46N2O5/c51-46(54-35-40-20-10-3-11-21-40)44(31-26-37-16-6-1-7-17-37)34-50(33-39-18-8-2-9-19-39)48(53)49-45(47(52)55-36-41-22-12-4-13-23-41)32-38-27-29-43(30-28-38)42-24-14-5-15-25-42/h1-25,27-30,44-45H,26,31-36H2,(H,49,53)/t44?,45-/m0/s1. The summed E-state index contributed by atoms with van der Waals surface area (Å²) in [5.41, 5.74) is 6.69. The smallest absolute Gasteiger partial charge is 0.329 e. The molecule has 0 radical (unpaired) electrons. The van der Waals surface area contributed by atoms with E-state index in [0.717, 1.165) is 38.9 Å². The molecule has 0 aliphatic carbocycles. The summed E-state index contributed by atoms with van der Waals surface area (Å²) in [5, 5.41) is 3.00. The number of esters is 2. The van der Waals surface area contributed by atoms with Crippen LogP contribution in [0.25, 0.3) is 11.1 Å². The lowest BCUT2D eigenvalue weighted by Crippen LogP contribution is -2.50. The van der Waals surface area contributed by atoms with Crippen molar-refractivity contribution in [3.05, 3.63) is 204 Å². The summed E-state index contributed by atoms with van der Waals surface area (Å²) >= 11 is 0. The Hall–Kier alpha value is -6.47. The zero-order valence-electron chi connectivity index (χ0n) is 30.8. The number of aryl methyl sites for hydroxylation is 1. The highest BCUT2D eigenvalue weighted by Gasteiger charge is 2.30. The molecule has 6 aromatic carbocycles. The highest BCUT2D eigenvalue weighted by Crippen LogP contribution is 2.21. The number of ether oxygens (including phenoxy) is 2. The van der Waals surface area contributed by atoms with E-state index >= 15 is 0 Å². The number of carbonyl (C=O) groups excluding carboxylic acids is 3. The lowest BCUT2D eigenvalue weighted by Gasteiger charge is -2.29. The maximum atomic E-state index is 14.4. The number of hydrogen-bond donors (Lipinski definition) is 1. The second-order valence-electron chi connectivity index (χ2n) is 13.5. The average Bonchev–Trinajstić information content (AvgIpc) is 3.24. The molecular formula is C48H46N2O5. The second-order valence-corrected chi connectivity index (χ2v) is 13.5. The van der Waals surface area contributed by atoms with E-state index in [4.69, 9.17) is 9.47 Å². The predicted octanol–water partition coefficient (Wildman–Crippen LogP) is 9.21. The monoisotopic (exact) mass is 730 g/mol. The number of hydrogen-bond acceptors (Lipinski definition) is 5. The molecule has 0 aromatic heterocycles. The number of amides is 2. The lowest BCUT2D eigenvalue weighted by atomic mass is 9.98. The molecule has 278 valence electrons. The Labute approximate surface area is 323 Å². The Morgan fingerprint density at radius 3 is 1.49 bits per heavy atom. The van der Waals surface area contributed by atoms with Crippen molar-refractivity contribution in [3.63, 3.8) is 0 Å². The van der Waals surface area contributed by atoms with E-state index in [1.165, 1.54) is 0 Å². The van der Waals surface area contributed by atoms with Crippen LogP contribution in [0.4, 0.5) is 4.79 Å². The van der Waals surface area contributed by atoms with Gasteiger partial charge in [0.1, 0.15) is 19.3 Å². The molecule has 6 aromatic rings. The molecule has 1 N–H and O–H groups in total. The highest BCUT2D eigenvalue weighted by molar-refractivity contribution is 5.84. The maximum Gasteiger partial charge on any atom is 0.329 e. The van der Waals surface area contributed by atoms with Gasteiger partial charge < -0.3 is 19.7 Å². The second kappa shape index (κ2) is 20.1. The average molecular weight is 731 g/mol. The zero-order chi connectivity index (χ0) is 38.1. The summed E-state index contributed by atoms with van der Waals surface area (Å²) in [6, 6.07) is 55.1. The Bertz CT molecular complexity index is 2060. The molecule has 0 saturated carbocycles. The van der Waals surface area contributed by atoms with Crippen LogP contribution in [0.2, 0.25) is 0 Å². The van der Waals surface area contributed by atoms with Gasteiger partial charge in [0.25, 0.3) is 0 Å². The third-order valence-electron chi connectivity index (χ3n) is 9.43. The minimum atomic E-state index is -0.995. The minimum Gasteiger partial charge on any atom is -0.461 e. The van der Waals surface area contributed by atoms with Crippen molar-refractivity contribution < 1.29 is 23.9 Å². The first-order valence-electron chi connectivity index (χ1n) is 18.7. The third-order valence-corrected chi connectivity index (χ3v) is 9.43. The molecule has 0 aliphatic heterocycles. The van der Waals surface area contributed by atoms with Gasteiger partial charge in [-0.2, -0.15) is 0 Å². The molecule has 1 unspecified atom stereocenters. The normalized spacial score (nSPS) is 11.9. The number of nitrogens with zero attached hydrogens (tertiary/aromatic N) is 1. The molecular weight excluding hydrogens is 685 g/mol. The molecule has 0 fully saturated rings. The van der Waals surface area contributed by atoms with Crippen molar-refractivity contribution in [2.45, 2.75) is 45.1 Å². The van der Waals surface area contributed by atoms with Gasteiger partial charge >= 0.3 is 18.0 Å². The summed E-state index contributed by atoms with van der Waals surface area (Å²) in [7, 11) is 0. The van der Waals surface area contributed by atoms with E-state index < -0.39 is 24.0 Å². The van der Waals surface area contributed by atoms with Gasteiger partial charge in [0.05, 0.1) is 5.92 Å². The Morgan fingerprint density at radius 2 is 0.945 bits per heavy atom. The molecule has 55 heavy (non-hydrogen) atoms. The van der Waals surface area contributed by atoms with Crippen LogP contribution in [0.1, 0.15) is 34.2 Å². The molecule has 2 atom stereocenters. The summed E-state index contributed by atoms with van der Waals surface area (Å²) in [5.74, 6) is -1.57. The van der Waals surface area contributed by atoms with Crippen molar-refractivity contribution >= 4 is 18.0 Å². The minimum absolute atomic E-state index is 0.0710. The molecule has 0 heterocycles. The van der Waals surface area contributed by atoms with Crippen LogP contribution in [0.3, 0.4) is 0 Å². The summed E-state index contributed by atoms with van der Waals surface area (Å²) in [6.45, 7) is 0.503. The lowest BCUT2D eigenvalue weighted by molar-refractivity contribution is -0.151. The Morgan fingerprint density at radius 1 is 0.491 bits per heavy atom. The Balaban J connectivity index is 1.24. The summed E-state index contributed by atoms with van der Waals surface area (Å²) in [4.78, 5) is 43.7. The van der Waals surface area contributed by atoms with Crippen molar-refractivity contribution in [1.82, 2.24) is 10.2 Å². The number of benzene rings is 6. The van der Waals surface area contributed by atoms with E-state index in [1.54, 1.807) is 4.90 Å². The van der Waals surface area contributed by atoms with E-state index in [-0.39, 0.29) is 38.7 Å². The number of carbonyl (C=O) groups is 3. The topological polar surface area (TPSA) is 84.9 Å². The van der Waals surface area contributed by atoms with Crippen LogP contribution in [-0.4, -0.2) is 35.5 Å². The fourth-order valence-corrected chi connectivity index (χ4v) is 6.37. The van der Waals surface area contributed by atoms with Gasteiger partial charge in [0.15, 0.2) is 0 Å². The quantitative estimate of drug-likeness (QED) is 0.0947. The van der Waals surface area contributed by atoms with Gasteiger partial charge in [-0.15, -0.1) is 0 Å². The van der Waals surface area contributed by atoms with Crippen molar-refractivity contribution in [2.75, 3.05) is 6.54 Å². The molecule has 6 rings (SSSR count). The van der Waals surface area contributed by atoms with Crippen molar-refractivity contribution in [1.29, 1.82) is 0 Å². The van der Waals surface area contributed by atoms with Crippen LogP contribution >= 0.6 is 0 Å². The van der Waals surface area contributed by atoms with Crippen LogP contribution in [0.5, 0.6) is 0 Å². The van der Waals surface area contributed by atoms with Gasteiger partial charge in [-0.1, -0.05) is 176 Å². The van der Waals surface area contributed by atoms with Crippen LogP contribution in [-0.2, 0) is 51.7 Å². The Kier molecular flexibility index (Phi) is 14.0. The molecule has 0 aliphatic rings. The van der Waals surface area contributed by atoms with E-state index in [0.29, 0.717) is 12.8 Å². The van der Waals surface area contributed by atoms with E-state index in [9.17, 15) is 14.4 Å². The van der Waals surface area contributed by atoms with E-state index in [1.807, 2.05) is 176 Å². The molecule has 0 spiro atoms. The van der Waals surface area contributed by atoms with Crippen molar-refractivity contribution in [3.8, 4) is 11.1 Å². The first kappa shape index (κ1) is 38.3. The first-order valence-corrected chi connectivity index (χ1v) is 18.7. The van der Waals surface area contributed by atoms with Gasteiger partial charge in [0, 0.05) is 19.5 Å². The van der Waals surface area contributed by atoms with Crippen LogP contribution in [0.15, 0.2) is 176 Å². The van der Waals surface area contributed by atoms with Gasteiger partial charge in [0.2, 0.25) is 0 Å². The fourth-order valence-electron chi connectivity index (χ4n) is 6.37. The van der Waals surface area contributed by atoms with Crippen molar-refractivity contribution in [2.24, 2.45) is 5.92 Å². The number of urea groups is 1. The molecule has 0 bridgehead atoms. The first-order chi connectivity index (χ1) is 27.0. The van der Waals surface area contributed by atoms with E-state index in [2.05, 4.69) is 5.32 Å².